The molecule has 5 heteroatoms. The Morgan fingerprint density at radius 3 is 2.81 bits per heavy atom. The number of amides is 1. The maximum absolute atomic E-state index is 12.0. The number of hydrogen-bond acceptors (Lipinski definition) is 4. The molecule has 0 saturated heterocycles. The minimum Gasteiger partial charge on any atom is -0.508 e. The van der Waals surface area contributed by atoms with Crippen LogP contribution < -0.4 is 14.8 Å². The molecule has 1 aliphatic heterocycles. The van der Waals surface area contributed by atoms with Crippen molar-refractivity contribution in [3.05, 3.63) is 48.5 Å². The number of carbonyl (C=O) groups is 1. The van der Waals surface area contributed by atoms with Crippen LogP contribution in [0.3, 0.4) is 0 Å². The summed E-state index contributed by atoms with van der Waals surface area (Å²) in [4.78, 5) is 12.0. The highest BCUT2D eigenvalue weighted by atomic mass is 16.6. The van der Waals surface area contributed by atoms with Crippen molar-refractivity contribution >= 4 is 11.6 Å². The second kappa shape index (κ2) is 5.75. The molecule has 0 saturated carbocycles. The van der Waals surface area contributed by atoms with Crippen LogP contribution in [0, 0.1) is 0 Å². The van der Waals surface area contributed by atoms with Gasteiger partial charge in [0.2, 0.25) is 5.91 Å². The average molecular weight is 285 g/mol. The number of carbonyl (C=O) groups excluding carboxylic acids is 1. The molecule has 21 heavy (non-hydrogen) atoms. The van der Waals surface area contributed by atoms with Crippen molar-refractivity contribution in [1.29, 1.82) is 0 Å². The number of nitrogens with one attached hydrogen (secondary N) is 1. The molecule has 0 bridgehead atoms. The number of phenolic OH excluding ortho intramolecular Hbond substituents is 1. The highest BCUT2D eigenvalue weighted by Crippen LogP contribution is 2.35. The van der Waals surface area contributed by atoms with Crippen LogP contribution in [-0.4, -0.2) is 23.7 Å². The van der Waals surface area contributed by atoms with Crippen molar-refractivity contribution in [2.45, 2.75) is 12.5 Å². The summed E-state index contributed by atoms with van der Waals surface area (Å²) in [7, 11) is 0. The molecule has 3 rings (SSSR count). The van der Waals surface area contributed by atoms with E-state index in [1.807, 2.05) is 30.3 Å². The molecule has 1 aliphatic rings. The Hall–Kier alpha value is -2.69. The summed E-state index contributed by atoms with van der Waals surface area (Å²) < 4.78 is 11.2. The quantitative estimate of drug-likeness (QED) is 0.909. The van der Waals surface area contributed by atoms with Gasteiger partial charge in [-0.3, -0.25) is 4.79 Å². The monoisotopic (exact) mass is 285 g/mol. The largest absolute Gasteiger partial charge is 0.508 e. The van der Waals surface area contributed by atoms with E-state index in [-0.39, 0.29) is 24.2 Å². The minimum absolute atomic E-state index is 0.103. The van der Waals surface area contributed by atoms with Crippen molar-refractivity contribution < 1.29 is 19.4 Å². The van der Waals surface area contributed by atoms with Gasteiger partial charge in [0.25, 0.3) is 0 Å². The molecular weight excluding hydrogens is 270 g/mol. The summed E-state index contributed by atoms with van der Waals surface area (Å²) in [6, 6.07) is 13.9. The number of phenols is 1. The smallest absolute Gasteiger partial charge is 0.228 e. The first kappa shape index (κ1) is 13.3. The van der Waals surface area contributed by atoms with Gasteiger partial charge in [-0.25, -0.2) is 0 Å². The van der Waals surface area contributed by atoms with Crippen LogP contribution in [0.25, 0.3) is 0 Å². The third-order valence-corrected chi connectivity index (χ3v) is 3.12. The zero-order chi connectivity index (χ0) is 14.7. The van der Waals surface area contributed by atoms with Crippen molar-refractivity contribution in [3.8, 4) is 17.2 Å². The Bertz CT molecular complexity index is 642. The molecule has 0 aliphatic carbocycles. The number of benzene rings is 2. The molecular formula is C16H15NO4. The van der Waals surface area contributed by atoms with Gasteiger partial charge in [-0.1, -0.05) is 18.2 Å². The molecule has 108 valence electrons. The topological polar surface area (TPSA) is 67.8 Å². The Balaban J connectivity index is 1.60. The third kappa shape index (κ3) is 3.25. The number of fused-ring (bicyclic) bond motifs is 1. The Labute approximate surface area is 122 Å². The highest BCUT2D eigenvalue weighted by molar-refractivity contribution is 5.91. The average Bonchev–Trinajstić information content (AvgIpc) is 2.47. The van der Waals surface area contributed by atoms with E-state index in [0.717, 1.165) is 5.69 Å². The Morgan fingerprint density at radius 1 is 1.19 bits per heavy atom. The lowest BCUT2D eigenvalue weighted by Crippen LogP contribution is -2.33. The van der Waals surface area contributed by atoms with Gasteiger partial charge >= 0.3 is 0 Å². The fourth-order valence-electron chi connectivity index (χ4n) is 2.15. The van der Waals surface area contributed by atoms with Gasteiger partial charge in [-0.15, -0.1) is 0 Å². The SMILES string of the molecule is O=C(CC1COc2ccc(O)cc2O1)Nc1ccccc1. The maximum Gasteiger partial charge on any atom is 0.228 e. The van der Waals surface area contributed by atoms with E-state index in [4.69, 9.17) is 9.47 Å². The molecule has 1 atom stereocenters. The van der Waals surface area contributed by atoms with Gasteiger partial charge in [0.1, 0.15) is 18.5 Å². The van der Waals surface area contributed by atoms with Crippen LogP contribution in [0.4, 0.5) is 5.69 Å². The second-order valence-electron chi connectivity index (χ2n) is 4.80. The molecule has 1 amide bonds. The van der Waals surface area contributed by atoms with Crippen LogP contribution >= 0.6 is 0 Å². The van der Waals surface area contributed by atoms with E-state index in [1.165, 1.54) is 12.1 Å². The summed E-state index contributed by atoms with van der Waals surface area (Å²) in [5, 5.41) is 12.2. The second-order valence-corrected chi connectivity index (χ2v) is 4.80. The van der Waals surface area contributed by atoms with Gasteiger partial charge in [-0.05, 0) is 24.3 Å². The summed E-state index contributed by atoms with van der Waals surface area (Å²) in [6.07, 6.45) is -0.188. The van der Waals surface area contributed by atoms with E-state index >= 15 is 0 Å². The summed E-state index contributed by atoms with van der Waals surface area (Å²) in [5.74, 6) is 0.997. The van der Waals surface area contributed by atoms with E-state index < -0.39 is 0 Å². The van der Waals surface area contributed by atoms with Crippen molar-refractivity contribution in [3.63, 3.8) is 0 Å². The lowest BCUT2D eigenvalue weighted by molar-refractivity contribution is -0.118. The molecule has 0 radical (unpaired) electrons. The summed E-state index contributed by atoms with van der Waals surface area (Å²) >= 11 is 0. The summed E-state index contributed by atoms with van der Waals surface area (Å²) in [6.45, 7) is 0.306. The van der Waals surface area contributed by atoms with Crippen LogP contribution in [0.5, 0.6) is 17.2 Å². The fraction of sp³-hybridized carbons (Fsp3) is 0.188. The molecule has 2 aromatic carbocycles. The molecule has 5 nitrogen and oxygen atoms in total. The zero-order valence-corrected chi connectivity index (χ0v) is 11.3. The van der Waals surface area contributed by atoms with Crippen molar-refractivity contribution in [2.75, 3.05) is 11.9 Å². The first-order chi connectivity index (χ1) is 10.2. The Kier molecular flexibility index (Phi) is 3.64. The van der Waals surface area contributed by atoms with Crippen LogP contribution in [0.2, 0.25) is 0 Å². The minimum atomic E-state index is -0.372. The van der Waals surface area contributed by atoms with Gasteiger partial charge < -0.3 is 19.9 Å². The number of hydrogen-bond donors (Lipinski definition) is 2. The number of aromatic hydroxyl groups is 1. The first-order valence-electron chi connectivity index (χ1n) is 6.68. The van der Waals surface area contributed by atoms with Crippen molar-refractivity contribution in [2.24, 2.45) is 0 Å². The molecule has 2 aromatic rings. The number of anilines is 1. The predicted molar refractivity (Wildman–Crippen MR) is 77.7 cm³/mol. The maximum atomic E-state index is 12.0. The fourth-order valence-corrected chi connectivity index (χ4v) is 2.15. The molecule has 0 aromatic heterocycles. The van der Waals surface area contributed by atoms with Crippen LogP contribution in [0.1, 0.15) is 6.42 Å². The first-order valence-corrected chi connectivity index (χ1v) is 6.68. The number of rotatable bonds is 3. The van der Waals surface area contributed by atoms with Gasteiger partial charge in [0, 0.05) is 11.8 Å². The van der Waals surface area contributed by atoms with E-state index in [2.05, 4.69) is 5.32 Å². The normalized spacial score (nSPS) is 16.3. The molecule has 1 heterocycles. The van der Waals surface area contributed by atoms with Crippen LogP contribution in [0.15, 0.2) is 48.5 Å². The summed E-state index contributed by atoms with van der Waals surface area (Å²) in [5.41, 5.74) is 0.747. The number of ether oxygens (including phenoxy) is 2. The standard InChI is InChI=1S/C16H15NO4/c18-12-6-7-14-15(8-12)21-13(10-20-14)9-16(19)17-11-4-2-1-3-5-11/h1-8,13,18H,9-10H2,(H,17,19). The lowest BCUT2D eigenvalue weighted by atomic mass is 10.2. The number of para-hydroxylation sites is 1. The van der Waals surface area contributed by atoms with E-state index in [1.54, 1.807) is 6.07 Å². The van der Waals surface area contributed by atoms with Gasteiger partial charge in [0.05, 0.1) is 6.42 Å². The lowest BCUT2D eigenvalue weighted by Gasteiger charge is -2.26. The highest BCUT2D eigenvalue weighted by Gasteiger charge is 2.23. The van der Waals surface area contributed by atoms with Gasteiger partial charge in [0.15, 0.2) is 11.5 Å². The molecule has 0 spiro atoms. The molecule has 0 fully saturated rings. The molecule has 2 N–H and O–H groups in total. The van der Waals surface area contributed by atoms with Crippen LogP contribution in [-0.2, 0) is 4.79 Å². The zero-order valence-electron chi connectivity index (χ0n) is 11.3. The predicted octanol–water partition coefficient (Wildman–Crippen LogP) is 2.56. The van der Waals surface area contributed by atoms with Crippen molar-refractivity contribution in [1.82, 2.24) is 0 Å². The molecule has 1 unspecified atom stereocenters. The Morgan fingerprint density at radius 2 is 2.00 bits per heavy atom. The van der Waals surface area contributed by atoms with Gasteiger partial charge in [-0.2, -0.15) is 0 Å². The van der Waals surface area contributed by atoms with E-state index in [0.29, 0.717) is 18.1 Å². The van der Waals surface area contributed by atoms with E-state index in [9.17, 15) is 9.90 Å². The third-order valence-electron chi connectivity index (χ3n) is 3.12.